The molecule has 0 heterocycles. The molecular weight excluding hydrogens is 225 g/mol. The lowest BCUT2D eigenvalue weighted by atomic mass is 10.0. The molecule has 0 aromatic carbocycles. The minimum absolute atomic E-state index is 0.217. The van der Waals surface area contributed by atoms with Crippen molar-refractivity contribution in [3.63, 3.8) is 0 Å². The Morgan fingerprint density at radius 3 is 2.25 bits per heavy atom. The Bertz CT molecular complexity index is 241. The molecule has 0 rings (SSSR count). The number of ether oxygens (including phenoxy) is 1. The quantitative estimate of drug-likeness (QED) is 0.774. The van der Waals surface area contributed by atoms with E-state index in [9.17, 15) is 18.0 Å². The highest BCUT2D eigenvalue weighted by atomic mass is 19.4. The zero-order chi connectivity index (χ0) is 13.0. The van der Waals surface area contributed by atoms with E-state index < -0.39 is 30.8 Å². The van der Waals surface area contributed by atoms with E-state index in [1.165, 1.54) is 11.9 Å². The number of hydrogen-bond acceptors (Lipinski definition) is 3. The van der Waals surface area contributed by atoms with Gasteiger partial charge in [0.15, 0.2) is 0 Å². The molecule has 0 saturated heterocycles. The number of rotatable bonds is 5. The third-order valence-corrected chi connectivity index (χ3v) is 2.27. The minimum Gasteiger partial charge on any atom is -0.362 e. The molecule has 2 N–H and O–H groups in total. The molecule has 1 amide bonds. The van der Waals surface area contributed by atoms with Gasteiger partial charge < -0.3 is 15.4 Å². The largest absolute Gasteiger partial charge is 0.411 e. The summed E-state index contributed by atoms with van der Waals surface area (Å²) in [5, 5.41) is 0. The molecule has 0 radical (unpaired) electrons. The summed E-state index contributed by atoms with van der Waals surface area (Å²) in [4.78, 5) is 12.7. The number of hydrogen-bond donors (Lipinski definition) is 1. The minimum atomic E-state index is -4.41. The number of carbonyl (C=O) groups is 1. The Balaban J connectivity index is 4.08. The first-order valence-corrected chi connectivity index (χ1v) is 4.71. The summed E-state index contributed by atoms with van der Waals surface area (Å²) in [7, 11) is 1.48. The van der Waals surface area contributed by atoms with Crippen molar-refractivity contribution in [2.75, 3.05) is 26.8 Å². The van der Waals surface area contributed by atoms with E-state index in [1.807, 2.05) is 0 Å². The van der Waals surface area contributed by atoms with Crippen molar-refractivity contribution in [2.24, 2.45) is 5.73 Å². The van der Waals surface area contributed by atoms with Gasteiger partial charge in [0.25, 0.3) is 0 Å². The normalized spacial score (nSPS) is 12.7. The molecular formula is C9H17F3N2O2. The molecule has 0 fully saturated rings. The maximum Gasteiger partial charge on any atom is 0.411 e. The van der Waals surface area contributed by atoms with Crippen LogP contribution in [0.3, 0.4) is 0 Å². The zero-order valence-corrected chi connectivity index (χ0v) is 9.60. The van der Waals surface area contributed by atoms with Gasteiger partial charge in [-0.3, -0.25) is 4.79 Å². The molecule has 16 heavy (non-hydrogen) atoms. The molecule has 4 nitrogen and oxygen atoms in total. The third kappa shape index (κ3) is 5.32. The predicted molar refractivity (Wildman–Crippen MR) is 52.8 cm³/mol. The van der Waals surface area contributed by atoms with E-state index in [2.05, 4.69) is 4.74 Å². The highest BCUT2D eigenvalue weighted by molar-refractivity contribution is 5.77. The van der Waals surface area contributed by atoms with Crippen LogP contribution in [0.2, 0.25) is 0 Å². The van der Waals surface area contributed by atoms with Gasteiger partial charge in [-0.05, 0) is 13.8 Å². The topological polar surface area (TPSA) is 55.6 Å². The van der Waals surface area contributed by atoms with E-state index in [1.54, 1.807) is 13.8 Å². The summed E-state index contributed by atoms with van der Waals surface area (Å²) in [5.41, 5.74) is 4.83. The summed E-state index contributed by atoms with van der Waals surface area (Å²) in [6, 6.07) is 0. The van der Waals surface area contributed by atoms with Crippen molar-refractivity contribution in [3.05, 3.63) is 0 Å². The summed E-state index contributed by atoms with van der Waals surface area (Å²) >= 11 is 0. The van der Waals surface area contributed by atoms with Crippen LogP contribution >= 0.6 is 0 Å². The van der Waals surface area contributed by atoms with Gasteiger partial charge in [0.1, 0.15) is 13.2 Å². The van der Waals surface area contributed by atoms with Crippen LogP contribution in [-0.4, -0.2) is 49.3 Å². The molecule has 0 aromatic heterocycles. The lowest BCUT2D eigenvalue weighted by Gasteiger charge is -2.34. The van der Waals surface area contributed by atoms with Crippen molar-refractivity contribution in [2.45, 2.75) is 25.6 Å². The second kappa shape index (κ2) is 5.49. The fraction of sp³-hybridized carbons (Fsp3) is 0.889. The Kier molecular flexibility index (Phi) is 5.21. The van der Waals surface area contributed by atoms with Gasteiger partial charge in [0.2, 0.25) is 5.91 Å². The molecule has 0 saturated carbocycles. The van der Waals surface area contributed by atoms with Crippen LogP contribution in [0.5, 0.6) is 0 Å². The van der Waals surface area contributed by atoms with E-state index in [-0.39, 0.29) is 6.54 Å². The van der Waals surface area contributed by atoms with Crippen molar-refractivity contribution < 1.29 is 22.7 Å². The van der Waals surface area contributed by atoms with Crippen LogP contribution in [0.25, 0.3) is 0 Å². The molecule has 0 bridgehead atoms. The van der Waals surface area contributed by atoms with E-state index in [0.717, 1.165) is 0 Å². The van der Waals surface area contributed by atoms with E-state index in [0.29, 0.717) is 0 Å². The smallest absolute Gasteiger partial charge is 0.362 e. The summed E-state index contributed by atoms with van der Waals surface area (Å²) < 4.78 is 39.5. The van der Waals surface area contributed by atoms with E-state index in [4.69, 9.17) is 5.73 Å². The average molecular weight is 242 g/mol. The van der Waals surface area contributed by atoms with Gasteiger partial charge in [-0.15, -0.1) is 0 Å². The second-order valence-corrected chi connectivity index (χ2v) is 4.08. The molecule has 96 valence electrons. The molecule has 0 aromatic rings. The van der Waals surface area contributed by atoms with Gasteiger partial charge >= 0.3 is 6.18 Å². The van der Waals surface area contributed by atoms with Crippen molar-refractivity contribution in [3.8, 4) is 0 Å². The molecule has 0 spiro atoms. The lowest BCUT2D eigenvalue weighted by Crippen LogP contribution is -2.51. The number of alkyl halides is 3. The maximum atomic E-state index is 11.7. The predicted octanol–water partition coefficient (Wildman–Crippen LogP) is 0.761. The van der Waals surface area contributed by atoms with Crippen molar-refractivity contribution in [1.82, 2.24) is 4.90 Å². The lowest BCUT2D eigenvalue weighted by molar-refractivity contribution is -0.178. The molecule has 0 aliphatic heterocycles. The second-order valence-electron chi connectivity index (χ2n) is 4.08. The number of nitrogens with zero attached hydrogens (tertiary/aromatic N) is 1. The Morgan fingerprint density at radius 1 is 1.38 bits per heavy atom. The standard InChI is InChI=1S/C9H17F3N2O2/c1-8(2,5-13)14(3)7(15)4-16-6-9(10,11)12/h4-6,13H2,1-3H3. The van der Waals surface area contributed by atoms with Crippen LogP contribution in [0.4, 0.5) is 13.2 Å². The summed E-state index contributed by atoms with van der Waals surface area (Å²) in [6.45, 7) is 1.63. The fourth-order valence-electron chi connectivity index (χ4n) is 0.825. The van der Waals surface area contributed by atoms with E-state index >= 15 is 0 Å². The molecule has 7 heteroatoms. The van der Waals surface area contributed by atoms with Gasteiger partial charge in [-0.1, -0.05) is 0 Å². The number of amides is 1. The van der Waals surface area contributed by atoms with Crippen LogP contribution in [0.1, 0.15) is 13.8 Å². The highest BCUT2D eigenvalue weighted by Crippen LogP contribution is 2.15. The average Bonchev–Trinajstić information content (AvgIpc) is 2.14. The van der Waals surface area contributed by atoms with Gasteiger partial charge in [0, 0.05) is 19.1 Å². The van der Waals surface area contributed by atoms with Gasteiger partial charge in [-0.2, -0.15) is 13.2 Å². The summed E-state index contributed by atoms with van der Waals surface area (Å²) in [5.74, 6) is -0.528. The Hall–Kier alpha value is -0.820. The Labute approximate surface area is 92.5 Å². The molecule has 0 unspecified atom stereocenters. The van der Waals surface area contributed by atoms with Crippen LogP contribution in [0, 0.1) is 0 Å². The van der Waals surface area contributed by atoms with Crippen LogP contribution in [-0.2, 0) is 9.53 Å². The Morgan fingerprint density at radius 2 is 1.88 bits per heavy atom. The number of carbonyl (C=O) groups excluding carboxylic acids is 1. The SMILES string of the molecule is CN(C(=O)COCC(F)(F)F)C(C)(C)CN. The molecule has 0 aliphatic carbocycles. The monoisotopic (exact) mass is 242 g/mol. The molecule has 0 aliphatic rings. The molecule has 0 atom stereocenters. The van der Waals surface area contributed by atoms with Gasteiger partial charge in [0.05, 0.1) is 0 Å². The van der Waals surface area contributed by atoms with Crippen LogP contribution in [0.15, 0.2) is 0 Å². The van der Waals surface area contributed by atoms with Crippen molar-refractivity contribution in [1.29, 1.82) is 0 Å². The fourth-order valence-corrected chi connectivity index (χ4v) is 0.825. The first kappa shape index (κ1) is 15.2. The van der Waals surface area contributed by atoms with Crippen LogP contribution < -0.4 is 5.73 Å². The summed E-state index contributed by atoms with van der Waals surface area (Å²) in [6.07, 6.45) is -4.41. The number of likely N-dealkylation sites (N-methyl/N-ethyl adjacent to an activating group) is 1. The maximum absolute atomic E-state index is 11.7. The van der Waals surface area contributed by atoms with Crippen molar-refractivity contribution >= 4 is 5.91 Å². The first-order chi connectivity index (χ1) is 7.10. The van der Waals surface area contributed by atoms with Gasteiger partial charge in [-0.25, -0.2) is 0 Å². The zero-order valence-electron chi connectivity index (χ0n) is 9.60. The first-order valence-electron chi connectivity index (χ1n) is 4.71. The highest BCUT2D eigenvalue weighted by Gasteiger charge is 2.30. The number of halogens is 3. The third-order valence-electron chi connectivity index (χ3n) is 2.27. The number of nitrogens with two attached hydrogens (primary N) is 1.